The van der Waals surface area contributed by atoms with Crippen LogP contribution in [0.3, 0.4) is 0 Å². The van der Waals surface area contributed by atoms with Crippen LogP contribution in [0.5, 0.6) is 51.7 Å². The number of benzene rings is 8. The monoisotopic (exact) mass is 776 g/mol. The van der Waals surface area contributed by atoms with E-state index >= 15 is 0 Å². The highest BCUT2D eigenvalue weighted by molar-refractivity contribution is 6.12. The number of phenols is 3. The van der Waals surface area contributed by atoms with Crippen molar-refractivity contribution in [3.63, 3.8) is 0 Å². The molecule has 8 rings (SSSR count). The number of ketones is 1. The minimum atomic E-state index is -0.283. The molecule has 0 atom stereocenters. The van der Waals surface area contributed by atoms with Gasteiger partial charge in [-0.05, 0) is 162 Å². The third-order valence-corrected chi connectivity index (χ3v) is 9.91. The summed E-state index contributed by atoms with van der Waals surface area (Å²) >= 11 is 0. The minimum Gasteiger partial charge on any atom is -0.508 e. The Labute approximate surface area is 342 Å². The number of aryl methyl sites for hydroxylation is 2. The summed E-state index contributed by atoms with van der Waals surface area (Å²) in [6, 6.07) is 56.9. The van der Waals surface area contributed by atoms with E-state index in [1.54, 1.807) is 78.9 Å². The smallest absolute Gasteiger partial charge is 0.200 e. The maximum atomic E-state index is 14.5. The molecule has 0 radical (unpaired) electrons. The zero-order valence-corrected chi connectivity index (χ0v) is 32.0. The van der Waals surface area contributed by atoms with Gasteiger partial charge in [0, 0.05) is 5.56 Å². The van der Waals surface area contributed by atoms with E-state index in [4.69, 9.17) is 14.2 Å². The first-order valence-corrected chi connectivity index (χ1v) is 19.3. The molecule has 0 heterocycles. The summed E-state index contributed by atoms with van der Waals surface area (Å²) in [5.41, 5.74) is 7.07. The lowest BCUT2D eigenvalue weighted by Crippen LogP contribution is -2.06. The van der Waals surface area contributed by atoms with E-state index in [1.165, 1.54) is 0 Å². The normalized spacial score (nSPS) is 10.8. The molecular formula is C52H40O7. The molecular weight excluding hydrogens is 737 g/mol. The topological polar surface area (TPSA) is 105 Å². The van der Waals surface area contributed by atoms with Crippen LogP contribution in [-0.4, -0.2) is 21.1 Å². The van der Waals surface area contributed by atoms with Crippen molar-refractivity contribution in [3.05, 3.63) is 221 Å². The molecule has 8 aromatic carbocycles. The van der Waals surface area contributed by atoms with Gasteiger partial charge in [0.05, 0.1) is 0 Å². The van der Waals surface area contributed by atoms with Gasteiger partial charge in [-0.15, -0.1) is 0 Å². The number of carbonyl (C=O) groups excluding carboxylic acids is 1. The molecule has 3 N–H and O–H groups in total. The van der Waals surface area contributed by atoms with Gasteiger partial charge < -0.3 is 29.5 Å². The number of ether oxygens (including phenoxy) is 3. The molecule has 7 nitrogen and oxygen atoms in total. The van der Waals surface area contributed by atoms with E-state index in [0.717, 1.165) is 46.2 Å². The number of hydrogen-bond acceptors (Lipinski definition) is 7. The average Bonchev–Trinajstić information content (AvgIpc) is 3.26. The molecule has 59 heavy (non-hydrogen) atoms. The van der Waals surface area contributed by atoms with Gasteiger partial charge in [0.1, 0.15) is 57.3 Å². The third kappa shape index (κ3) is 9.79. The van der Waals surface area contributed by atoms with Gasteiger partial charge in [-0.2, -0.15) is 0 Å². The molecule has 0 aromatic heterocycles. The van der Waals surface area contributed by atoms with Crippen molar-refractivity contribution in [2.45, 2.75) is 19.3 Å². The van der Waals surface area contributed by atoms with Crippen molar-refractivity contribution in [2.75, 3.05) is 0 Å². The van der Waals surface area contributed by atoms with Crippen molar-refractivity contribution >= 4 is 5.78 Å². The standard InChI is InChI=1S/C52H40O7/c53-42-20-6-35(7-21-42)4-5-36-10-26-47(27-11-36)58-49-2-1-3-50(59-48-28-12-38(13-29-48)34-37-8-22-43(54)23-9-37)51(49)52(56)41-18-32-46(33-19-41)57-45-30-16-40(17-31-45)39-14-24-44(55)25-15-39/h1-3,6-33,53-55H,4-5,34H2. The lowest BCUT2D eigenvalue weighted by atomic mass is 10.0. The molecule has 0 saturated heterocycles. The number of hydrogen-bond donors (Lipinski definition) is 3. The highest BCUT2D eigenvalue weighted by Gasteiger charge is 2.22. The second-order valence-electron chi connectivity index (χ2n) is 14.2. The molecule has 0 spiro atoms. The van der Waals surface area contributed by atoms with Crippen LogP contribution in [0.25, 0.3) is 11.1 Å². The van der Waals surface area contributed by atoms with Gasteiger partial charge in [-0.3, -0.25) is 4.79 Å². The fourth-order valence-electron chi connectivity index (χ4n) is 6.68. The minimum absolute atomic E-state index is 0.216. The number of aromatic hydroxyl groups is 3. The van der Waals surface area contributed by atoms with Crippen LogP contribution >= 0.6 is 0 Å². The van der Waals surface area contributed by atoms with Gasteiger partial charge in [0.2, 0.25) is 5.78 Å². The SMILES string of the molecule is O=C(c1ccc(Oc2ccc(-c3ccc(O)cc3)cc2)cc1)c1c(Oc2ccc(CCc3ccc(O)cc3)cc2)cccc1Oc1ccc(Cc2ccc(O)cc2)cc1. The molecule has 0 fully saturated rings. The molecule has 0 saturated carbocycles. The van der Waals surface area contributed by atoms with Crippen molar-refractivity contribution in [3.8, 4) is 62.9 Å². The van der Waals surface area contributed by atoms with Crippen LogP contribution in [0.1, 0.15) is 38.2 Å². The van der Waals surface area contributed by atoms with E-state index in [-0.39, 0.29) is 28.6 Å². The molecule has 0 aliphatic carbocycles. The Morgan fingerprint density at radius 3 is 1.19 bits per heavy atom. The summed E-state index contributed by atoms with van der Waals surface area (Å²) in [6.07, 6.45) is 2.33. The van der Waals surface area contributed by atoms with Crippen LogP contribution in [0.4, 0.5) is 0 Å². The maximum Gasteiger partial charge on any atom is 0.200 e. The highest BCUT2D eigenvalue weighted by atomic mass is 16.5. The molecule has 0 aliphatic rings. The molecule has 0 amide bonds. The van der Waals surface area contributed by atoms with E-state index in [1.807, 2.05) is 109 Å². The van der Waals surface area contributed by atoms with Crippen molar-refractivity contribution in [1.82, 2.24) is 0 Å². The number of rotatable bonds is 14. The second kappa shape index (κ2) is 17.6. The molecule has 0 bridgehead atoms. The van der Waals surface area contributed by atoms with Gasteiger partial charge in [-0.25, -0.2) is 0 Å². The first-order chi connectivity index (χ1) is 28.8. The fraction of sp³-hybridized carbons (Fsp3) is 0.0577. The lowest BCUT2D eigenvalue weighted by Gasteiger charge is -2.16. The predicted molar refractivity (Wildman–Crippen MR) is 229 cm³/mol. The Balaban J connectivity index is 1.02. The molecule has 8 aromatic rings. The third-order valence-electron chi connectivity index (χ3n) is 9.91. The van der Waals surface area contributed by atoms with E-state index < -0.39 is 0 Å². The fourth-order valence-corrected chi connectivity index (χ4v) is 6.68. The van der Waals surface area contributed by atoms with E-state index in [9.17, 15) is 20.1 Å². The summed E-state index contributed by atoms with van der Waals surface area (Å²) in [5.74, 6) is 3.45. The van der Waals surface area contributed by atoms with Crippen LogP contribution in [-0.2, 0) is 19.3 Å². The summed E-state index contributed by atoms with van der Waals surface area (Å²) in [5, 5.41) is 28.9. The Kier molecular flexibility index (Phi) is 11.4. The molecule has 0 aliphatic heterocycles. The summed E-state index contributed by atoms with van der Waals surface area (Å²) in [4.78, 5) is 14.5. The molecule has 290 valence electrons. The van der Waals surface area contributed by atoms with Gasteiger partial charge in [-0.1, -0.05) is 78.9 Å². The first-order valence-electron chi connectivity index (χ1n) is 19.3. The maximum absolute atomic E-state index is 14.5. The first kappa shape index (κ1) is 38.1. The Morgan fingerprint density at radius 1 is 0.373 bits per heavy atom. The van der Waals surface area contributed by atoms with Crippen molar-refractivity contribution in [2.24, 2.45) is 0 Å². The van der Waals surface area contributed by atoms with Crippen LogP contribution in [0.15, 0.2) is 188 Å². The van der Waals surface area contributed by atoms with Crippen LogP contribution < -0.4 is 14.2 Å². The average molecular weight is 777 g/mol. The quantitative estimate of drug-likeness (QED) is 0.0944. The largest absolute Gasteiger partial charge is 0.508 e. The number of carbonyl (C=O) groups is 1. The van der Waals surface area contributed by atoms with Gasteiger partial charge in [0.15, 0.2) is 0 Å². The van der Waals surface area contributed by atoms with Gasteiger partial charge >= 0.3 is 0 Å². The zero-order valence-electron chi connectivity index (χ0n) is 32.0. The lowest BCUT2D eigenvalue weighted by molar-refractivity contribution is 0.103. The summed E-state index contributed by atoms with van der Waals surface area (Å²) in [7, 11) is 0. The Bertz CT molecular complexity index is 2630. The Hall–Kier alpha value is -7.77. The summed E-state index contributed by atoms with van der Waals surface area (Å²) in [6.45, 7) is 0. The van der Waals surface area contributed by atoms with Crippen LogP contribution in [0, 0.1) is 0 Å². The van der Waals surface area contributed by atoms with Crippen molar-refractivity contribution < 1.29 is 34.3 Å². The van der Waals surface area contributed by atoms with E-state index in [0.29, 0.717) is 46.5 Å². The Morgan fingerprint density at radius 2 is 0.712 bits per heavy atom. The molecule has 0 unspecified atom stereocenters. The van der Waals surface area contributed by atoms with Crippen molar-refractivity contribution in [1.29, 1.82) is 0 Å². The number of phenolic OH excluding ortho intramolecular Hbond substituents is 3. The zero-order chi connectivity index (χ0) is 40.6. The summed E-state index contributed by atoms with van der Waals surface area (Å²) < 4.78 is 19.0. The van der Waals surface area contributed by atoms with Gasteiger partial charge in [0.25, 0.3) is 0 Å². The predicted octanol–water partition coefficient (Wildman–Crippen LogP) is 12.5. The highest BCUT2D eigenvalue weighted by Crippen LogP contribution is 2.37. The van der Waals surface area contributed by atoms with E-state index in [2.05, 4.69) is 0 Å². The van der Waals surface area contributed by atoms with Crippen LogP contribution in [0.2, 0.25) is 0 Å². The second-order valence-corrected chi connectivity index (χ2v) is 14.2. The molecule has 7 heteroatoms.